The predicted octanol–water partition coefficient (Wildman–Crippen LogP) is 3.07. The molecule has 0 bridgehead atoms. The first-order chi connectivity index (χ1) is 19.3. The standard InChI is InChI=1S/C29H46N4O8/c1-6-8-9-10-13-18-33(27(38)21(19-23(30)35)32-28(39)41-29(3,4)5)25(20-14-11-12-15-22(20)34)26(37)31-17-16-24(36)40-7-2/h11-12,14-15,21,25,34H,6-10,13,16-19H2,1-5H3,(H2,30,35)(H,31,37)(H,32,39). The molecule has 2 atom stereocenters. The number of ether oxygens (including phenoxy) is 2. The van der Waals surface area contributed by atoms with Crippen LogP contribution in [-0.4, -0.2) is 71.1 Å². The highest BCUT2D eigenvalue weighted by Gasteiger charge is 2.37. The average Bonchev–Trinajstić information content (AvgIpc) is 2.86. The molecule has 0 aliphatic carbocycles. The second kappa shape index (κ2) is 17.8. The number of esters is 1. The maximum absolute atomic E-state index is 14.0. The number of hydrogen-bond donors (Lipinski definition) is 4. The van der Waals surface area contributed by atoms with Crippen molar-refractivity contribution < 1.29 is 38.6 Å². The SMILES string of the molecule is CCCCCCCN(C(=O)C(CC(N)=O)NC(=O)OC(C)(C)C)C(C(=O)NCCC(=O)OCC)c1ccccc1O. The van der Waals surface area contributed by atoms with Crippen LogP contribution in [0.3, 0.4) is 0 Å². The highest BCUT2D eigenvalue weighted by Crippen LogP contribution is 2.30. The molecule has 0 aliphatic rings. The Kier molecular flexibility index (Phi) is 15.3. The number of carbonyl (C=O) groups is 5. The number of phenolic OH excluding ortho intramolecular Hbond substituents is 1. The van der Waals surface area contributed by atoms with E-state index in [2.05, 4.69) is 17.6 Å². The second-order valence-electron chi connectivity index (χ2n) is 10.6. The molecule has 12 nitrogen and oxygen atoms in total. The number of amides is 4. The summed E-state index contributed by atoms with van der Waals surface area (Å²) in [4.78, 5) is 65.1. The fraction of sp³-hybridized carbons (Fsp3) is 0.621. The van der Waals surface area contributed by atoms with Gasteiger partial charge in [-0.25, -0.2) is 4.79 Å². The molecular weight excluding hydrogens is 532 g/mol. The molecule has 0 fully saturated rings. The van der Waals surface area contributed by atoms with Crippen molar-refractivity contribution in [3.8, 4) is 5.75 Å². The number of rotatable bonds is 17. The zero-order valence-corrected chi connectivity index (χ0v) is 24.9. The third-order valence-electron chi connectivity index (χ3n) is 5.91. The van der Waals surface area contributed by atoms with Crippen LogP contribution in [0.1, 0.15) is 91.2 Å². The van der Waals surface area contributed by atoms with Gasteiger partial charge in [0.2, 0.25) is 17.7 Å². The molecule has 0 heterocycles. The highest BCUT2D eigenvalue weighted by atomic mass is 16.6. The quantitative estimate of drug-likeness (QED) is 0.161. The largest absolute Gasteiger partial charge is 0.508 e. The summed E-state index contributed by atoms with van der Waals surface area (Å²) in [6, 6.07) is 3.31. The van der Waals surface area contributed by atoms with Crippen molar-refractivity contribution in [1.82, 2.24) is 15.5 Å². The van der Waals surface area contributed by atoms with Gasteiger partial charge in [0.15, 0.2) is 0 Å². The number of nitrogens with zero attached hydrogens (tertiary/aromatic N) is 1. The fourth-order valence-corrected chi connectivity index (χ4v) is 4.09. The van der Waals surface area contributed by atoms with Gasteiger partial charge >= 0.3 is 12.1 Å². The van der Waals surface area contributed by atoms with Gasteiger partial charge in [-0.15, -0.1) is 0 Å². The molecule has 12 heteroatoms. The Morgan fingerprint density at radius 1 is 1.02 bits per heavy atom. The van der Waals surface area contributed by atoms with E-state index in [-0.39, 0.29) is 37.4 Å². The Labute approximate surface area is 242 Å². The molecule has 0 aliphatic heterocycles. The van der Waals surface area contributed by atoms with E-state index in [1.165, 1.54) is 17.0 Å². The number of hydrogen-bond acceptors (Lipinski definition) is 8. The first kappa shape index (κ1) is 35.2. The topological polar surface area (TPSA) is 177 Å². The van der Waals surface area contributed by atoms with Crippen molar-refractivity contribution >= 4 is 29.8 Å². The van der Waals surface area contributed by atoms with Crippen LogP contribution < -0.4 is 16.4 Å². The summed E-state index contributed by atoms with van der Waals surface area (Å²) >= 11 is 0. The summed E-state index contributed by atoms with van der Waals surface area (Å²) in [6.45, 7) is 8.89. The minimum Gasteiger partial charge on any atom is -0.508 e. The fourth-order valence-electron chi connectivity index (χ4n) is 4.09. The minimum absolute atomic E-state index is 0.0683. The van der Waals surface area contributed by atoms with Crippen LogP contribution in [0.25, 0.3) is 0 Å². The van der Waals surface area contributed by atoms with Crippen molar-refractivity contribution in [2.24, 2.45) is 5.73 Å². The Balaban J connectivity index is 3.45. The Hall–Kier alpha value is -3.83. The Morgan fingerprint density at radius 3 is 2.27 bits per heavy atom. The van der Waals surface area contributed by atoms with Crippen LogP contribution in [-0.2, 0) is 28.7 Å². The first-order valence-corrected chi connectivity index (χ1v) is 14.1. The number of aromatic hydroxyl groups is 1. The number of primary amides is 1. The molecule has 0 aromatic heterocycles. The van der Waals surface area contributed by atoms with Gasteiger partial charge in [0.25, 0.3) is 0 Å². The van der Waals surface area contributed by atoms with Crippen LogP contribution >= 0.6 is 0 Å². The maximum Gasteiger partial charge on any atom is 0.408 e. The zero-order chi connectivity index (χ0) is 31.0. The molecular formula is C29H46N4O8. The van der Waals surface area contributed by atoms with Crippen molar-refractivity contribution in [2.75, 3.05) is 19.7 Å². The van der Waals surface area contributed by atoms with E-state index in [0.29, 0.717) is 6.42 Å². The number of nitrogens with one attached hydrogen (secondary N) is 2. The summed E-state index contributed by atoms with van der Waals surface area (Å²) < 4.78 is 10.2. The molecule has 230 valence electrons. The number of phenols is 1. The summed E-state index contributed by atoms with van der Waals surface area (Å²) in [6.07, 6.45) is 2.62. The third kappa shape index (κ3) is 13.4. The molecule has 41 heavy (non-hydrogen) atoms. The lowest BCUT2D eigenvalue weighted by atomic mass is 10.00. The average molecular weight is 579 g/mol. The first-order valence-electron chi connectivity index (χ1n) is 14.1. The van der Waals surface area contributed by atoms with Gasteiger partial charge in [-0.2, -0.15) is 0 Å². The van der Waals surface area contributed by atoms with E-state index in [9.17, 15) is 29.1 Å². The van der Waals surface area contributed by atoms with Gasteiger partial charge in [-0.05, 0) is 40.2 Å². The molecule has 0 saturated heterocycles. The number of benzene rings is 1. The van der Waals surface area contributed by atoms with Gasteiger partial charge in [0.1, 0.15) is 23.4 Å². The van der Waals surface area contributed by atoms with E-state index >= 15 is 0 Å². The molecule has 0 saturated carbocycles. The van der Waals surface area contributed by atoms with Gasteiger partial charge in [0, 0.05) is 18.7 Å². The number of unbranched alkanes of at least 4 members (excludes halogenated alkanes) is 4. The highest BCUT2D eigenvalue weighted by molar-refractivity contribution is 5.94. The van der Waals surface area contributed by atoms with Crippen LogP contribution in [0.5, 0.6) is 5.75 Å². The van der Waals surface area contributed by atoms with Crippen LogP contribution in [0.2, 0.25) is 0 Å². The van der Waals surface area contributed by atoms with Crippen LogP contribution in [0, 0.1) is 0 Å². The molecule has 0 radical (unpaired) electrons. The Bertz CT molecular complexity index is 1020. The van der Waals surface area contributed by atoms with E-state index in [0.717, 1.165) is 25.7 Å². The number of alkyl carbamates (subject to hydrolysis) is 1. The smallest absolute Gasteiger partial charge is 0.408 e. The summed E-state index contributed by atoms with van der Waals surface area (Å²) in [7, 11) is 0. The van der Waals surface area contributed by atoms with E-state index in [1.54, 1.807) is 39.8 Å². The van der Waals surface area contributed by atoms with Crippen molar-refractivity contribution in [3.05, 3.63) is 29.8 Å². The summed E-state index contributed by atoms with van der Waals surface area (Å²) in [5.41, 5.74) is 4.68. The normalized spacial score (nSPS) is 12.5. The maximum atomic E-state index is 14.0. The Morgan fingerprint density at radius 2 is 1.68 bits per heavy atom. The molecule has 1 aromatic rings. The van der Waals surface area contributed by atoms with Crippen molar-refractivity contribution in [1.29, 1.82) is 0 Å². The summed E-state index contributed by atoms with van der Waals surface area (Å²) in [5, 5.41) is 15.8. The number of nitrogens with two attached hydrogens (primary N) is 1. The van der Waals surface area contributed by atoms with Crippen LogP contribution in [0.4, 0.5) is 4.79 Å². The van der Waals surface area contributed by atoms with Gasteiger partial charge in [0.05, 0.1) is 19.4 Å². The third-order valence-corrected chi connectivity index (χ3v) is 5.91. The molecule has 1 rings (SSSR count). The predicted molar refractivity (Wildman–Crippen MR) is 153 cm³/mol. The molecule has 1 aromatic carbocycles. The molecule has 4 amide bonds. The number of carbonyl (C=O) groups excluding carboxylic acids is 5. The van der Waals surface area contributed by atoms with Gasteiger partial charge in [-0.3, -0.25) is 19.2 Å². The lowest BCUT2D eigenvalue weighted by Gasteiger charge is -2.34. The number of para-hydroxylation sites is 1. The molecule has 2 unspecified atom stereocenters. The monoisotopic (exact) mass is 578 g/mol. The summed E-state index contributed by atoms with van der Waals surface area (Å²) in [5.74, 6) is -2.99. The van der Waals surface area contributed by atoms with Crippen molar-refractivity contribution in [2.45, 2.75) is 97.2 Å². The lowest BCUT2D eigenvalue weighted by molar-refractivity contribution is -0.144. The lowest BCUT2D eigenvalue weighted by Crippen LogP contribution is -2.54. The van der Waals surface area contributed by atoms with Crippen molar-refractivity contribution in [3.63, 3.8) is 0 Å². The van der Waals surface area contributed by atoms with Gasteiger partial charge in [-0.1, -0.05) is 50.8 Å². The van der Waals surface area contributed by atoms with E-state index < -0.39 is 53.9 Å². The second-order valence-corrected chi connectivity index (χ2v) is 10.6. The molecule has 5 N–H and O–H groups in total. The minimum atomic E-state index is -1.43. The van der Waals surface area contributed by atoms with Crippen LogP contribution in [0.15, 0.2) is 24.3 Å². The van der Waals surface area contributed by atoms with E-state index in [1.807, 2.05) is 0 Å². The molecule has 0 spiro atoms. The van der Waals surface area contributed by atoms with Gasteiger partial charge < -0.3 is 35.8 Å². The zero-order valence-electron chi connectivity index (χ0n) is 24.9. The van der Waals surface area contributed by atoms with E-state index in [4.69, 9.17) is 15.2 Å².